The van der Waals surface area contributed by atoms with E-state index in [4.69, 9.17) is 0 Å². The van der Waals surface area contributed by atoms with E-state index in [0.717, 1.165) is 67.2 Å². The summed E-state index contributed by atoms with van der Waals surface area (Å²) in [4.78, 5) is 0. The first-order valence-corrected chi connectivity index (χ1v) is 8.57. The predicted molar refractivity (Wildman–Crippen MR) is 90.2 cm³/mol. The van der Waals surface area contributed by atoms with Crippen LogP contribution in [-0.2, 0) is 25.7 Å². The zero-order chi connectivity index (χ0) is 16.0. The Morgan fingerprint density at radius 1 is 0.609 bits per heavy atom. The molecule has 120 valence electrons. The van der Waals surface area contributed by atoms with Gasteiger partial charge in [-0.05, 0) is 85.8 Å². The van der Waals surface area contributed by atoms with E-state index in [1.807, 2.05) is 6.07 Å². The van der Waals surface area contributed by atoms with E-state index in [0.29, 0.717) is 5.56 Å². The summed E-state index contributed by atoms with van der Waals surface area (Å²) in [6, 6.07) is 5.43. The van der Waals surface area contributed by atoms with Gasteiger partial charge in [0.2, 0.25) is 0 Å². The zero-order valence-electron chi connectivity index (χ0n) is 13.2. The van der Waals surface area contributed by atoms with Gasteiger partial charge in [0, 0.05) is 11.1 Å². The van der Waals surface area contributed by atoms with Crippen molar-refractivity contribution in [1.82, 2.24) is 0 Å². The molecule has 0 fully saturated rings. The van der Waals surface area contributed by atoms with Crippen molar-refractivity contribution < 1.29 is 15.3 Å². The predicted octanol–water partition coefficient (Wildman–Crippen LogP) is 4.23. The van der Waals surface area contributed by atoms with Gasteiger partial charge in [-0.2, -0.15) is 0 Å². The molecule has 0 heterocycles. The molecule has 0 atom stereocenters. The van der Waals surface area contributed by atoms with Gasteiger partial charge in [-0.3, -0.25) is 0 Å². The summed E-state index contributed by atoms with van der Waals surface area (Å²) in [7, 11) is 0. The minimum absolute atomic E-state index is 0.0755. The number of rotatable bonds is 1. The molecule has 0 spiro atoms. The van der Waals surface area contributed by atoms with Crippen molar-refractivity contribution in [2.24, 2.45) is 0 Å². The van der Waals surface area contributed by atoms with Crippen LogP contribution in [0, 0.1) is 0 Å². The van der Waals surface area contributed by atoms with Crippen LogP contribution in [0.3, 0.4) is 0 Å². The number of hydrogen-bond acceptors (Lipinski definition) is 3. The van der Waals surface area contributed by atoms with Crippen molar-refractivity contribution in [3.8, 4) is 28.4 Å². The normalized spacial score (nSPS) is 16.7. The molecule has 0 radical (unpaired) electrons. The number of benzene rings is 2. The number of hydrogen-bond donors (Lipinski definition) is 3. The van der Waals surface area contributed by atoms with Gasteiger partial charge in [0.05, 0.1) is 0 Å². The summed E-state index contributed by atoms with van der Waals surface area (Å²) in [5, 5.41) is 31.3. The summed E-state index contributed by atoms with van der Waals surface area (Å²) in [6.07, 6.45) is 8.21. The first kappa shape index (κ1) is 14.4. The van der Waals surface area contributed by atoms with Crippen LogP contribution in [0.5, 0.6) is 17.2 Å². The summed E-state index contributed by atoms with van der Waals surface area (Å²) >= 11 is 0. The molecule has 2 aromatic carbocycles. The topological polar surface area (TPSA) is 60.7 Å². The highest BCUT2D eigenvalue weighted by Gasteiger charge is 2.26. The van der Waals surface area contributed by atoms with E-state index in [1.165, 1.54) is 12.0 Å². The van der Waals surface area contributed by atoms with Gasteiger partial charge in [-0.1, -0.05) is 6.07 Å². The molecule has 23 heavy (non-hydrogen) atoms. The van der Waals surface area contributed by atoms with E-state index in [1.54, 1.807) is 12.1 Å². The Bertz CT molecular complexity index is 777. The second kappa shape index (κ2) is 5.48. The van der Waals surface area contributed by atoms with Gasteiger partial charge in [0.1, 0.15) is 5.75 Å². The first-order chi connectivity index (χ1) is 11.2. The van der Waals surface area contributed by atoms with Gasteiger partial charge in [-0.15, -0.1) is 0 Å². The molecule has 3 heteroatoms. The third-order valence-corrected chi connectivity index (χ3v) is 5.36. The number of aromatic hydroxyl groups is 3. The lowest BCUT2D eigenvalue weighted by molar-refractivity contribution is 0.402. The highest BCUT2D eigenvalue weighted by Crippen LogP contribution is 2.49. The fourth-order valence-corrected chi connectivity index (χ4v) is 4.24. The molecular weight excluding hydrogens is 288 g/mol. The Morgan fingerprint density at radius 2 is 1.22 bits per heavy atom. The third kappa shape index (κ3) is 2.26. The zero-order valence-corrected chi connectivity index (χ0v) is 13.2. The Kier molecular flexibility index (Phi) is 3.44. The lowest BCUT2D eigenvalue weighted by atomic mass is 9.80. The first-order valence-electron chi connectivity index (χ1n) is 8.57. The van der Waals surface area contributed by atoms with Crippen molar-refractivity contribution in [1.29, 1.82) is 0 Å². The Morgan fingerprint density at radius 3 is 1.96 bits per heavy atom. The molecule has 2 aliphatic rings. The average Bonchev–Trinajstić information content (AvgIpc) is 2.57. The quantitative estimate of drug-likeness (QED) is 0.691. The molecule has 0 saturated carbocycles. The molecule has 0 amide bonds. The molecule has 2 aromatic rings. The van der Waals surface area contributed by atoms with Gasteiger partial charge >= 0.3 is 0 Å². The number of phenols is 3. The average molecular weight is 310 g/mol. The molecule has 2 aliphatic carbocycles. The standard InChI is InChI=1S/C20H22O3/c21-16-10-9-12-5-1-3-7-14(12)18(16)19-15-8-4-2-6-13(15)11-17(22)20(19)23/h9-11,21-23H,1-8H2. The molecule has 0 aliphatic heterocycles. The fraction of sp³-hybridized carbons (Fsp3) is 0.400. The number of fused-ring (bicyclic) bond motifs is 2. The molecule has 0 unspecified atom stereocenters. The van der Waals surface area contributed by atoms with Crippen LogP contribution in [0.15, 0.2) is 18.2 Å². The Labute approximate surface area is 136 Å². The van der Waals surface area contributed by atoms with Gasteiger partial charge in [-0.25, -0.2) is 0 Å². The van der Waals surface area contributed by atoms with Crippen LogP contribution in [-0.4, -0.2) is 15.3 Å². The highest BCUT2D eigenvalue weighted by atomic mass is 16.3. The van der Waals surface area contributed by atoms with Crippen molar-refractivity contribution in [3.63, 3.8) is 0 Å². The summed E-state index contributed by atoms with van der Waals surface area (Å²) in [6.45, 7) is 0. The van der Waals surface area contributed by atoms with Crippen LogP contribution in [0.25, 0.3) is 11.1 Å². The Hall–Kier alpha value is -2.16. The van der Waals surface area contributed by atoms with Gasteiger partial charge in [0.25, 0.3) is 0 Å². The maximum Gasteiger partial charge on any atom is 0.165 e. The van der Waals surface area contributed by atoms with Crippen LogP contribution >= 0.6 is 0 Å². The smallest absolute Gasteiger partial charge is 0.165 e. The molecule has 3 nitrogen and oxygen atoms in total. The summed E-state index contributed by atoms with van der Waals surface area (Å²) in [5.74, 6) is 0.0488. The Balaban J connectivity index is 2.04. The minimum atomic E-state index is -0.0834. The highest BCUT2D eigenvalue weighted by molar-refractivity contribution is 5.85. The second-order valence-electron chi connectivity index (χ2n) is 6.77. The summed E-state index contributed by atoms with van der Waals surface area (Å²) < 4.78 is 0. The lowest BCUT2D eigenvalue weighted by Gasteiger charge is -2.26. The number of aryl methyl sites for hydroxylation is 2. The van der Waals surface area contributed by atoms with Crippen LogP contribution in [0.4, 0.5) is 0 Å². The van der Waals surface area contributed by atoms with E-state index >= 15 is 0 Å². The van der Waals surface area contributed by atoms with Crippen LogP contribution < -0.4 is 0 Å². The van der Waals surface area contributed by atoms with Crippen molar-refractivity contribution in [3.05, 3.63) is 40.5 Å². The monoisotopic (exact) mass is 310 g/mol. The van der Waals surface area contributed by atoms with E-state index < -0.39 is 0 Å². The van der Waals surface area contributed by atoms with Crippen molar-refractivity contribution in [2.75, 3.05) is 0 Å². The van der Waals surface area contributed by atoms with E-state index in [-0.39, 0.29) is 17.2 Å². The molecule has 0 aromatic heterocycles. The maximum atomic E-state index is 10.6. The van der Waals surface area contributed by atoms with Crippen molar-refractivity contribution in [2.45, 2.75) is 51.4 Å². The van der Waals surface area contributed by atoms with Gasteiger partial charge in [0.15, 0.2) is 11.5 Å². The lowest BCUT2D eigenvalue weighted by Crippen LogP contribution is -2.09. The fourth-order valence-electron chi connectivity index (χ4n) is 4.24. The molecule has 3 N–H and O–H groups in total. The molecule has 0 saturated heterocycles. The molecular formula is C20H22O3. The SMILES string of the molecule is Oc1cc2c(c(-c3c(O)ccc4c3CCCC4)c1O)CCCC2. The van der Waals surface area contributed by atoms with E-state index in [2.05, 4.69) is 0 Å². The van der Waals surface area contributed by atoms with Crippen LogP contribution in [0.2, 0.25) is 0 Å². The number of phenolic OH excluding ortho intramolecular Hbond substituents is 3. The summed E-state index contributed by atoms with van der Waals surface area (Å²) in [5.41, 5.74) is 6.01. The largest absolute Gasteiger partial charge is 0.507 e. The van der Waals surface area contributed by atoms with Gasteiger partial charge < -0.3 is 15.3 Å². The third-order valence-electron chi connectivity index (χ3n) is 5.36. The second-order valence-corrected chi connectivity index (χ2v) is 6.77. The van der Waals surface area contributed by atoms with Crippen molar-refractivity contribution >= 4 is 0 Å². The maximum absolute atomic E-state index is 10.6. The van der Waals surface area contributed by atoms with E-state index in [9.17, 15) is 15.3 Å². The molecule has 0 bridgehead atoms. The van der Waals surface area contributed by atoms with Crippen LogP contribution in [0.1, 0.15) is 47.9 Å². The molecule has 4 rings (SSSR count). The minimum Gasteiger partial charge on any atom is -0.507 e.